The number of methoxy groups -OCH3 is 2. The summed E-state index contributed by atoms with van der Waals surface area (Å²) in [4.78, 5) is 0.945. The Kier molecular flexibility index (Phi) is 4.91. The van der Waals surface area contributed by atoms with Crippen molar-refractivity contribution < 1.29 is 13.7 Å². The number of halogens is 2. The van der Waals surface area contributed by atoms with E-state index in [0.717, 1.165) is 0 Å². The molecule has 20 heavy (non-hydrogen) atoms. The van der Waals surface area contributed by atoms with E-state index in [1.165, 1.54) is 14.2 Å². The normalized spacial score (nSPS) is 10.7. The first-order chi connectivity index (χ1) is 9.56. The molecule has 2 aromatic rings. The molecule has 106 valence electrons. The maximum Gasteiger partial charge on any atom is 0.135 e. The summed E-state index contributed by atoms with van der Waals surface area (Å²) in [6.07, 6.45) is 0. The van der Waals surface area contributed by atoms with E-state index in [1.807, 2.05) is 0 Å². The number of hydrogen-bond donors (Lipinski definition) is 0. The molecule has 2 rings (SSSR count). The van der Waals surface area contributed by atoms with Crippen molar-refractivity contribution in [3.05, 3.63) is 46.4 Å². The zero-order chi connectivity index (χ0) is 14.7. The molecule has 6 heteroatoms. The second kappa shape index (κ2) is 6.48. The fourth-order valence-electron chi connectivity index (χ4n) is 1.71. The van der Waals surface area contributed by atoms with E-state index >= 15 is 0 Å². The van der Waals surface area contributed by atoms with Crippen molar-refractivity contribution in [2.75, 3.05) is 14.2 Å². The zero-order valence-corrected chi connectivity index (χ0v) is 13.2. The van der Waals surface area contributed by atoms with Crippen LogP contribution in [0.1, 0.15) is 0 Å². The van der Waals surface area contributed by atoms with Crippen molar-refractivity contribution in [1.82, 2.24) is 0 Å². The highest BCUT2D eigenvalue weighted by Gasteiger charge is 2.18. The predicted octanol–water partition coefficient (Wildman–Crippen LogP) is 4.18. The van der Waals surface area contributed by atoms with Gasteiger partial charge in [-0.2, -0.15) is 0 Å². The van der Waals surface area contributed by atoms with Crippen LogP contribution in [0.3, 0.4) is 0 Å². The molecule has 0 amide bonds. The summed E-state index contributed by atoms with van der Waals surface area (Å²) in [7, 11) is 1.52. The number of hydrogen-bond acceptors (Lipinski definition) is 3. The third kappa shape index (κ3) is 3.08. The molecular formula is C14H12Cl2O3S. The first-order valence-electron chi connectivity index (χ1n) is 5.65. The predicted molar refractivity (Wildman–Crippen MR) is 80.7 cm³/mol. The minimum Gasteiger partial charge on any atom is -0.495 e. The van der Waals surface area contributed by atoms with Crippen LogP contribution in [0.4, 0.5) is 0 Å². The molecule has 0 aromatic heterocycles. The third-order valence-corrected chi connectivity index (χ3v) is 4.56. The van der Waals surface area contributed by atoms with Crippen LogP contribution in [0.15, 0.2) is 46.2 Å². The van der Waals surface area contributed by atoms with E-state index in [-0.39, 0.29) is 0 Å². The molecule has 3 nitrogen and oxygen atoms in total. The highest BCUT2D eigenvalue weighted by atomic mass is 35.5. The van der Waals surface area contributed by atoms with Crippen molar-refractivity contribution >= 4 is 34.0 Å². The molecule has 0 bridgehead atoms. The Morgan fingerprint density at radius 3 is 1.60 bits per heavy atom. The molecule has 0 saturated carbocycles. The lowest BCUT2D eigenvalue weighted by atomic mass is 10.3. The molecule has 0 aliphatic rings. The topological polar surface area (TPSA) is 35.5 Å². The van der Waals surface area contributed by atoms with Crippen LogP contribution in [-0.4, -0.2) is 18.4 Å². The highest BCUT2D eigenvalue weighted by Crippen LogP contribution is 2.34. The van der Waals surface area contributed by atoms with Gasteiger partial charge in [-0.25, -0.2) is 4.21 Å². The second-order valence-corrected chi connectivity index (χ2v) is 6.15. The van der Waals surface area contributed by atoms with Crippen LogP contribution in [0.5, 0.6) is 11.5 Å². The maximum atomic E-state index is 12.7. The van der Waals surface area contributed by atoms with Crippen LogP contribution < -0.4 is 9.47 Å². The molecule has 0 saturated heterocycles. The highest BCUT2D eigenvalue weighted by molar-refractivity contribution is 7.85. The minimum absolute atomic E-state index is 0.473. The largest absolute Gasteiger partial charge is 0.495 e. The first kappa shape index (κ1) is 15.2. The summed E-state index contributed by atoms with van der Waals surface area (Å²) in [5.74, 6) is 0.990. The summed E-state index contributed by atoms with van der Waals surface area (Å²) in [5.41, 5.74) is 0. The average molecular weight is 331 g/mol. The number of rotatable bonds is 4. The SMILES string of the molecule is COc1ccc(Cl)cc1S(=O)c1cc(Cl)ccc1OC. The van der Waals surface area contributed by atoms with Gasteiger partial charge in [-0.3, -0.25) is 0 Å². The Hall–Kier alpha value is -1.23. The quantitative estimate of drug-likeness (QED) is 0.843. The van der Waals surface area contributed by atoms with Gasteiger partial charge in [0.2, 0.25) is 0 Å². The smallest absolute Gasteiger partial charge is 0.135 e. The molecule has 0 unspecified atom stereocenters. The lowest BCUT2D eigenvalue weighted by Crippen LogP contribution is -1.99. The van der Waals surface area contributed by atoms with Gasteiger partial charge in [0.05, 0.1) is 34.8 Å². The molecule has 0 spiro atoms. The molecule has 0 aliphatic heterocycles. The lowest BCUT2D eigenvalue weighted by molar-refractivity contribution is 0.401. The number of benzene rings is 2. The fraction of sp³-hybridized carbons (Fsp3) is 0.143. The van der Waals surface area contributed by atoms with Gasteiger partial charge in [0, 0.05) is 10.0 Å². The Labute approximate surface area is 129 Å². The average Bonchev–Trinajstić information content (AvgIpc) is 2.46. The van der Waals surface area contributed by atoms with E-state index in [1.54, 1.807) is 36.4 Å². The molecule has 0 aliphatic carbocycles. The Bertz CT molecular complexity index is 603. The van der Waals surface area contributed by atoms with E-state index in [0.29, 0.717) is 31.3 Å². The van der Waals surface area contributed by atoms with Gasteiger partial charge >= 0.3 is 0 Å². The van der Waals surface area contributed by atoms with Gasteiger partial charge in [0.25, 0.3) is 0 Å². The van der Waals surface area contributed by atoms with Crippen LogP contribution >= 0.6 is 23.2 Å². The van der Waals surface area contributed by atoms with Gasteiger partial charge < -0.3 is 9.47 Å². The Morgan fingerprint density at radius 2 is 1.25 bits per heavy atom. The Morgan fingerprint density at radius 1 is 0.850 bits per heavy atom. The third-order valence-electron chi connectivity index (χ3n) is 2.65. The van der Waals surface area contributed by atoms with Crippen molar-refractivity contribution in [1.29, 1.82) is 0 Å². The molecule has 0 atom stereocenters. The van der Waals surface area contributed by atoms with Crippen molar-refractivity contribution in [3.63, 3.8) is 0 Å². The summed E-state index contributed by atoms with van der Waals surface area (Å²) in [6, 6.07) is 9.92. The van der Waals surface area contributed by atoms with Crippen LogP contribution in [0.2, 0.25) is 10.0 Å². The van der Waals surface area contributed by atoms with Gasteiger partial charge in [-0.05, 0) is 36.4 Å². The maximum absolute atomic E-state index is 12.7. The molecule has 0 radical (unpaired) electrons. The lowest BCUT2D eigenvalue weighted by Gasteiger charge is -2.12. The molecule has 0 heterocycles. The molecular weight excluding hydrogens is 319 g/mol. The molecule has 2 aromatic carbocycles. The summed E-state index contributed by atoms with van der Waals surface area (Å²) in [5, 5.41) is 0.963. The van der Waals surface area contributed by atoms with Crippen molar-refractivity contribution in [3.8, 4) is 11.5 Å². The Balaban J connectivity index is 2.56. The van der Waals surface area contributed by atoms with E-state index in [2.05, 4.69) is 0 Å². The fourth-order valence-corrected chi connectivity index (χ4v) is 3.56. The summed E-state index contributed by atoms with van der Waals surface area (Å²) in [6.45, 7) is 0. The molecule has 0 fully saturated rings. The number of ether oxygens (including phenoxy) is 2. The monoisotopic (exact) mass is 330 g/mol. The van der Waals surface area contributed by atoms with E-state index < -0.39 is 10.8 Å². The van der Waals surface area contributed by atoms with Crippen LogP contribution in [0, 0.1) is 0 Å². The van der Waals surface area contributed by atoms with Gasteiger partial charge in [-0.1, -0.05) is 23.2 Å². The summed E-state index contributed by atoms with van der Waals surface area (Å²) >= 11 is 11.9. The van der Waals surface area contributed by atoms with Crippen LogP contribution in [-0.2, 0) is 10.8 Å². The standard InChI is InChI=1S/C14H12Cl2O3S/c1-18-11-5-3-9(15)7-13(11)20(17)14-8-10(16)4-6-12(14)19-2/h3-8H,1-2H3. The zero-order valence-electron chi connectivity index (χ0n) is 10.9. The van der Waals surface area contributed by atoms with Crippen LogP contribution in [0.25, 0.3) is 0 Å². The van der Waals surface area contributed by atoms with E-state index in [9.17, 15) is 4.21 Å². The first-order valence-corrected chi connectivity index (χ1v) is 7.56. The van der Waals surface area contributed by atoms with Gasteiger partial charge in [0.15, 0.2) is 0 Å². The second-order valence-electron chi connectivity index (χ2n) is 3.86. The van der Waals surface area contributed by atoms with E-state index in [4.69, 9.17) is 32.7 Å². The molecule has 0 N–H and O–H groups in total. The van der Waals surface area contributed by atoms with Crippen molar-refractivity contribution in [2.45, 2.75) is 9.79 Å². The van der Waals surface area contributed by atoms with Gasteiger partial charge in [0.1, 0.15) is 11.5 Å². The summed E-state index contributed by atoms with van der Waals surface area (Å²) < 4.78 is 23.2. The van der Waals surface area contributed by atoms with Crippen molar-refractivity contribution in [2.24, 2.45) is 0 Å². The minimum atomic E-state index is -1.51. The van der Waals surface area contributed by atoms with Gasteiger partial charge in [-0.15, -0.1) is 0 Å².